The highest BCUT2D eigenvalue weighted by molar-refractivity contribution is 6.20. The van der Waals surface area contributed by atoms with E-state index in [2.05, 4.69) is 5.32 Å². The Hall–Kier alpha value is -3.42. The van der Waals surface area contributed by atoms with Crippen LogP contribution in [0.3, 0.4) is 0 Å². The van der Waals surface area contributed by atoms with Crippen LogP contribution in [0.1, 0.15) is 25.3 Å². The molecule has 1 aliphatic rings. The van der Waals surface area contributed by atoms with Crippen LogP contribution in [0.15, 0.2) is 48.5 Å². The minimum Gasteiger partial charge on any atom is -0.455 e. The fraction of sp³-hybridized carbons (Fsp3) is 0.300. The van der Waals surface area contributed by atoms with Crippen LogP contribution in [-0.2, 0) is 15.2 Å². The molecule has 0 aromatic heterocycles. The van der Waals surface area contributed by atoms with Crippen molar-refractivity contribution in [3.8, 4) is 5.75 Å². The molecule has 0 aliphatic carbocycles. The fourth-order valence-corrected chi connectivity index (χ4v) is 3.25. The molecule has 8 heteroatoms. The van der Waals surface area contributed by atoms with Gasteiger partial charge < -0.3 is 15.0 Å². The standard InChI is InChI=1S/C20H21N3O5/c1-3-4-13-21-18(24)20(28-17-12-8-7-11-16(17)23(26)27)14-9-5-6-10-15(14)22(2)19(20)25/h5-12H,3-4,13H2,1-2H3,(H,21,24). The zero-order valence-electron chi connectivity index (χ0n) is 15.7. The number of nitro benzene ring substituents is 1. The third-order valence-corrected chi connectivity index (χ3v) is 4.71. The zero-order chi connectivity index (χ0) is 20.3. The monoisotopic (exact) mass is 383 g/mol. The number of nitro groups is 1. The summed E-state index contributed by atoms with van der Waals surface area (Å²) in [5.41, 5.74) is -1.46. The van der Waals surface area contributed by atoms with Gasteiger partial charge in [0.1, 0.15) is 0 Å². The molecule has 0 radical (unpaired) electrons. The first-order chi connectivity index (χ1) is 13.4. The second-order valence-electron chi connectivity index (χ2n) is 6.50. The van der Waals surface area contributed by atoms with Crippen molar-refractivity contribution >= 4 is 23.2 Å². The summed E-state index contributed by atoms with van der Waals surface area (Å²) in [7, 11) is 1.55. The number of benzene rings is 2. The van der Waals surface area contributed by atoms with Crippen molar-refractivity contribution in [2.24, 2.45) is 0 Å². The summed E-state index contributed by atoms with van der Waals surface area (Å²) in [6, 6.07) is 12.5. The van der Waals surface area contributed by atoms with E-state index in [4.69, 9.17) is 4.74 Å². The first-order valence-electron chi connectivity index (χ1n) is 9.02. The Morgan fingerprint density at radius 2 is 1.89 bits per heavy atom. The molecule has 0 saturated carbocycles. The Labute approximate surface area is 162 Å². The summed E-state index contributed by atoms with van der Waals surface area (Å²) < 4.78 is 5.91. The van der Waals surface area contributed by atoms with Crippen LogP contribution < -0.4 is 15.0 Å². The Bertz CT molecular complexity index is 930. The molecule has 0 saturated heterocycles. The lowest BCUT2D eigenvalue weighted by molar-refractivity contribution is -0.386. The quantitative estimate of drug-likeness (QED) is 0.343. The number of unbranched alkanes of at least 4 members (excludes halogenated alkanes) is 1. The molecule has 0 fully saturated rings. The average molecular weight is 383 g/mol. The second kappa shape index (κ2) is 7.67. The minimum absolute atomic E-state index is 0.142. The first kappa shape index (κ1) is 19.3. The number of hydrogen-bond acceptors (Lipinski definition) is 5. The van der Waals surface area contributed by atoms with E-state index in [1.807, 2.05) is 6.92 Å². The Morgan fingerprint density at radius 1 is 1.21 bits per heavy atom. The van der Waals surface area contributed by atoms with Crippen molar-refractivity contribution in [3.63, 3.8) is 0 Å². The van der Waals surface area contributed by atoms with Gasteiger partial charge in [0.2, 0.25) is 0 Å². The third kappa shape index (κ3) is 3.06. The molecule has 2 aromatic carbocycles. The van der Waals surface area contributed by atoms with Gasteiger partial charge in [-0.15, -0.1) is 0 Å². The second-order valence-corrected chi connectivity index (χ2v) is 6.50. The summed E-state index contributed by atoms with van der Waals surface area (Å²) in [6.45, 7) is 2.35. The molecule has 1 N–H and O–H groups in total. The van der Waals surface area contributed by atoms with Gasteiger partial charge in [-0.05, 0) is 18.6 Å². The van der Waals surface area contributed by atoms with Crippen LogP contribution in [-0.4, -0.2) is 30.3 Å². The Kier molecular flexibility index (Phi) is 5.30. The number of para-hydroxylation sites is 3. The SMILES string of the molecule is CCCCNC(=O)C1(Oc2ccccc2[N+](=O)[O-])C(=O)N(C)c2ccccc21. The fourth-order valence-electron chi connectivity index (χ4n) is 3.25. The van der Waals surface area contributed by atoms with Crippen LogP contribution in [0.2, 0.25) is 0 Å². The Balaban J connectivity index is 2.13. The predicted molar refractivity (Wildman–Crippen MR) is 103 cm³/mol. The van der Waals surface area contributed by atoms with Gasteiger partial charge in [0.25, 0.3) is 17.4 Å². The van der Waals surface area contributed by atoms with Crippen LogP contribution in [0.4, 0.5) is 11.4 Å². The van der Waals surface area contributed by atoms with Gasteiger partial charge in [-0.2, -0.15) is 0 Å². The lowest BCUT2D eigenvalue weighted by Gasteiger charge is -2.28. The first-order valence-corrected chi connectivity index (χ1v) is 9.02. The van der Waals surface area contributed by atoms with E-state index in [1.54, 1.807) is 37.4 Å². The molecule has 1 unspecified atom stereocenters. The lowest BCUT2D eigenvalue weighted by Crippen LogP contribution is -2.55. The zero-order valence-corrected chi connectivity index (χ0v) is 15.7. The molecule has 1 heterocycles. The van der Waals surface area contributed by atoms with E-state index in [0.717, 1.165) is 12.8 Å². The van der Waals surface area contributed by atoms with Crippen LogP contribution >= 0.6 is 0 Å². The smallest absolute Gasteiger partial charge is 0.311 e. The molecule has 2 aromatic rings. The van der Waals surface area contributed by atoms with Crippen molar-refractivity contribution in [1.82, 2.24) is 5.32 Å². The molecule has 3 rings (SSSR count). The molecular weight excluding hydrogens is 362 g/mol. The van der Waals surface area contributed by atoms with E-state index in [9.17, 15) is 19.7 Å². The molecule has 146 valence electrons. The molecular formula is C20H21N3O5. The Morgan fingerprint density at radius 3 is 2.61 bits per heavy atom. The number of rotatable bonds is 7. The van der Waals surface area contributed by atoms with E-state index >= 15 is 0 Å². The van der Waals surface area contributed by atoms with E-state index in [-0.39, 0.29) is 11.4 Å². The molecule has 2 amide bonds. The molecule has 0 bridgehead atoms. The van der Waals surface area contributed by atoms with Gasteiger partial charge in [0.15, 0.2) is 5.75 Å². The van der Waals surface area contributed by atoms with Crippen molar-refractivity contribution < 1.29 is 19.2 Å². The number of carbonyl (C=O) groups is 2. The number of ether oxygens (including phenoxy) is 1. The topological polar surface area (TPSA) is 102 Å². The summed E-state index contributed by atoms with van der Waals surface area (Å²) >= 11 is 0. The third-order valence-electron chi connectivity index (χ3n) is 4.71. The largest absolute Gasteiger partial charge is 0.455 e. The normalized spacial score (nSPS) is 17.9. The highest BCUT2D eigenvalue weighted by Crippen LogP contribution is 2.44. The number of likely N-dealkylation sites (N-methyl/N-ethyl adjacent to an activating group) is 1. The number of hydrogen-bond donors (Lipinski definition) is 1. The highest BCUT2D eigenvalue weighted by atomic mass is 16.6. The number of nitrogens with zero attached hydrogens (tertiary/aromatic N) is 2. The summed E-state index contributed by atoms with van der Waals surface area (Å²) in [4.78, 5) is 38.5. The van der Waals surface area contributed by atoms with Crippen molar-refractivity contribution in [2.75, 3.05) is 18.5 Å². The lowest BCUT2D eigenvalue weighted by atomic mass is 9.93. The summed E-state index contributed by atoms with van der Waals surface area (Å²) in [5.74, 6) is -1.38. The van der Waals surface area contributed by atoms with Gasteiger partial charge >= 0.3 is 5.69 Å². The summed E-state index contributed by atoms with van der Waals surface area (Å²) in [5, 5.41) is 14.1. The number of fused-ring (bicyclic) bond motifs is 1. The minimum atomic E-state index is -2.02. The molecule has 1 atom stereocenters. The summed E-state index contributed by atoms with van der Waals surface area (Å²) in [6.07, 6.45) is 1.60. The van der Waals surface area contributed by atoms with Crippen LogP contribution in [0.25, 0.3) is 0 Å². The van der Waals surface area contributed by atoms with Gasteiger partial charge in [-0.25, -0.2) is 0 Å². The highest BCUT2D eigenvalue weighted by Gasteiger charge is 2.58. The van der Waals surface area contributed by atoms with E-state index < -0.39 is 22.3 Å². The number of amides is 2. The number of nitrogens with one attached hydrogen (secondary N) is 1. The maximum atomic E-state index is 13.2. The van der Waals surface area contributed by atoms with E-state index in [1.165, 1.54) is 23.1 Å². The molecule has 0 spiro atoms. The molecule has 1 aliphatic heterocycles. The van der Waals surface area contributed by atoms with Crippen molar-refractivity contribution in [3.05, 3.63) is 64.2 Å². The predicted octanol–water partition coefficient (Wildman–Crippen LogP) is 2.76. The maximum Gasteiger partial charge on any atom is 0.311 e. The van der Waals surface area contributed by atoms with Gasteiger partial charge in [0.05, 0.1) is 10.6 Å². The molecule has 8 nitrogen and oxygen atoms in total. The van der Waals surface area contributed by atoms with Crippen LogP contribution in [0.5, 0.6) is 5.75 Å². The van der Waals surface area contributed by atoms with Crippen molar-refractivity contribution in [2.45, 2.75) is 25.4 Å². The van der Waals surface area contributed by atoms with Gasteiger partial charge in [0, 0.05) is 25.2 Å². The molecule has 28 heavy (non-hydrogen) atoms. The van der Waals surface area contributed by atoms with E-state index in [0.29, 0.717) is 17.8 Å². The van der Waals surface area contributed by atoms with Gasteiger partial charge in [-0.3, -0.25) is 19.7 Å². The number of carbonyl (C=O) groups excluding carboxylic acids is 2. The van der Waals surface area contributed by atoms with Crippen molar-refractivity contribution in [1.29, 1.82) is 0 Å². The number of anilines is 1. The average Bonchev–Trinajstić information content (AvgIpc) is 2.91. The van der Waals surface area contributed by atoms with Gasteiger partial charge in [-0.1, -0.05) is 43.7 Å². The maximum absolute atomic E-state index is 13.2. The van der Waals surface area contributed by atoms with Crippen LogP contribution in [0, 0.1) is 10.1 Å².